The molecule has 0 aliphatic heterocycles. The van der Waals surface area contributed by atoms with E-state index in [1.165, 1.54) is 17.1 Å². The molecule has 0 aliphatic rings. The second-order valence-electron chi connectivity index (χ2n) is 9.44. The molecule has 35 heavy (non-hydrogen) atoms. The van der Waals surface area contributed by atoms with E-state index in [9.17, 15) is 13.2 Å². The Bertz CT molecular complexity index is 1240. The molecule has 182 valence electrons. The van der Waals surface area contributed by atoms with Crippen LogP contribution in [-0.2, 0) is 24.7 Å². The molecule has 8 heteroatoms. The van der Waals surface area contributed by atoms with E-state index >= 15 is 0 Å². The van der Waals surface area contributed by atoms with Gasteiger partial charge in [0.05, 0.1) is 5.56 Å². The van der Waals surface area contributed by atoms with Crippen LogP contribution in [0.15, 0.2) is 72.1 Å². The van der Waals surface area contributed by atoms with Gasteiger partial charge < -0.3 is 10.6 Å². The summed E-state index contributed by atoms with van der Waals surface area (Å²) in [7, 11) is 0. The number of nitrogens with zero attached hydrogens (tertiary/aromatic N) is 2. The number of halogens is 3. The minimum atomic E-state index is -4.44. The van der Waals surface area contributed by atoms with Gasteiger partial charge in [-0.05, 0) is 51.8 Å². The van der Waals surface area contributed by atoms with Crippen LogP contribution in [0.1, 0.15) is 43.0 Å². The predicted octanol–water partition coefficient (Wildman–Crippen LogP) is 7.75. The number of benzene rings is 3. The van der Waals surface area contributed by atoms with Gasteiger partial charge in [-0.3, -0.25) is 0 Å². The number of hydrogen-bond acceptors (Lipinski definition) is 5. The summed E-state index contributed by atoms with van der Waals surface area (Å²) in [6.45, 7) is 7.25. The third-order valence-corrected chi connectivity index (χ3v) is 6.19. The third kappa shape index (κ3) is 6.60. The van der Waals surface area contributed by atoms with E-state index < -0.39 is 11.7 Å². The van der Waals surface area contributed by atoms with E-state index in [0.717, 1.165) is 34.5 Å². The predicted molar refractivity (Wildman–Crippen MR) is 137 cm³/mol. The first-order valence-corrected chi connectivity index (χ1v) is 12.1. The zero-order valence-corrected chi connectivity index (χ0v) is 20.6. The SMILES string of the molecule is CC(C)(C)c1ccc(CNc2cc(NCc3ccc(-c4csnn4)cc3)cc(C(F)(F)F)c2)cc1. The van der Waals surface area contributed by atoms with Crippen molar-refractivity contribution in [1.82, 2.24) is 9.59 Å². The Hall–Kier alpha value is -3.39. The lowest BCUT2D eigenvalue weighted by molar-refractivity contribution is -0.137. The van der Waals surface area contributed by atoms with Crippen LogP contribution < -0.4 is 10.6 Å². The molecule has 0 saturated heterocycles. The molecule has 1 heterocycles. The Morgan fingerprint density at radius 1 is 0.743 bits per heavy atom. The lowest BCUT2D eigenvalue weighted by Crippen LogP contribution is -2.11. The van der Waals surface area contributed by atoms with Crippen molar-refractivity contribution in [3.8, 4) is 11.3 Å². The first-order chi connectivity index (χ1) is 16.6. The van der Waals surface area contributed by atoms with Crippen LogP contribution >= 0.6 is 11.5 Å². The second-order valence-corrected chi connectivity index (χ2v) is 10.0. The fourth-order valence-corrected chi connectivity index (χ4v) is 4.08. The molecular weight excluding hydrogens is 469 g/mol. The van der Waals surface area contributed by atoms with Crippen molar-refractivity contribution >= 4 is 22.9 Å². The van der Waals surface area contributed by atoms with Gasteiger partial charge in [0.25, 0.3) is 0 Å². The Morgan fingerprint density at radius 3 is 1.74 bits per heavy atom. The molecule has 0 spiro atoms. The standard InChI is InChI=1S/C27H27F3N4S/c1-26(2,3)21-10-6-19(7-11-21)16-32-24-13-22(27(28,29)30)12-23(14-24)31-15-18-4-8-20(9-5-18)25-17-35-34-33-25/h4-14,17,31-32H,15-16H2,1-3H3. The molecule has 0 amide bonds. The third-order valence-electron chi connectivity index (χ3n) is 5.68. The fourth-order valence-electron chi connectivity index (χ4n) is 3.61. The Balaban J connectivity index is 1.45. The molecule has 0 atom stereocenters. The summed E-state index contributed by atoms with van der Waals surface area (Å²) < 4.78 is 44.5. The molecule has 0 saturated carbocycles. The molecule has 0 fully saturated rings. The van der Waals surface area contributed by atoms with E-state index in [-0.39, 0.29) is 5.41 Å². The van der Waals surface area contributed by atoms with Gasteiger partial charge in [-0.25, -0.2) is 0 Å². The highest BCUT2D eigenvalue weighted by molar-refractivity contribution is 7.03. The van der Waals surface area contributed by atoms with Gasteiger partial charge in [-0.1, -0.05) is 73.8 Å². The van der Waals surface area contributed by atoms with Gasteiger partial charge in [-0.15, -0.1) is 5.10 Å². The van der Waals surface area contributed by atoms with Crippen molar-refractivity contribution < 1.29 is 13.2 Å². The van der Waals surface area contributed by atoms with E-state index in [4.69, 9.17) is 0 Å². The van der Waals surface area contributed by atoms with Crippen LogP contribution in [0.25, 0.3) is 11.3 Å². The molecule has 4 rings (SSSR count). The van der Waals surface area contributed by atoms with Crippen LogP contribution in [0.5, 0.6) is 0 Å². The van der Waals surface area contributed by atoms with Gasteiger partial charge >= 0.3 is 6.18 Å². The van der Waals surface area contributed by atoms with E-state index in [2.05, 4.69) is 53.1 Å². The van der Waals surface area contributed by atoms with Crippen molar-refractivity contribution in [3.63, 3.8) is 0 Å². The number of nitrogens with one attached hydrogen (secondary N) is 2. The van der Waals surface area contributed by atoms with Crippen molar-refractivity contribution in [2.45, 2.75) is 45.5 Å². The number of hydrogen-bond donors (Lipinski definition) is 2. The molecule has 4 aromatic rings. The molecule has 0 bridgehead atoms. The van der Waals surface area contributed by atoms with Gasteiger partial charge in [0.1, 0.15) is 5.69 Å². The maximum absolute atomic E-state index is 13.5. The lowest BCUT2D eigenvalue weighted by atomic mass is 9.87. The fraction of sp³-hybridized carbons (Fsp3) is 0.259. The topological polar surface area (TPSA) is 49.8 Å². The Morgan fingerprint density at radius 2 is 1.29 bits per heavy atom. The summed E-state index contributed by atoms with van der Waals surface area (Å²) in [6, 6.07) is 19.8. The van der Waals surface area contributed by atoms with Crippen LogP contribution in [0.2, 0.25) is 0 Å². The molecule has 1 aromatic heterocycles. The van der Waals surface area contributed by atoms with Crippen molar-refractivity contribution in [2.24, 2.45) is 0 Å². The Labute approximate surface area is 207 Å². The average Bonchev–Trinajstić information content (AvgIpc) is 3.36. The van der Waals surface area contributed by atoms with Crippen LogP contribution in [0, 0.1) is 0 Å². The van der Waals surface area contributed by atoms with Crippen molar-refractivity contribution in [1.29, 1.82) is 0 Å². The summed E-state index contributed by atoms with van der Waals surface area (Å²) in [5, 5.41) is 12.2. The van der Waals surface area contributed by atoms with E-state index in [1.54, 1.807) is 6.07 Å². The minimum absolute atomic E-state index is 0.0475. The van der Waals surface area contributed by atoms with Gasteiger partial charge in [0.15, 0.2) is 0 Å². The lowest BCUT2D eigenvalue weighted by Gasteiger charge is -2.19. The van der Waals surface area contributed by atoms with Crippen LogP contribution in [-0.4, -0.2) is 9.59 Å². The Kier molecular flexibility index (Phi) is 7.12. The number of rotatable bonds is 7. The van der Waals surface area contributed by atoms with Gasteiger partial charge in [-0.2, -0.15) is 13.2 Å². The number of aromatic nitrogens is 2. The maximum atomic E-state index is 13.5. The monoisotopic (exact) mass is 496 g/mol. The average molecular weight is 497 g/mol. The summed E-state index contributed by atoms with van der Waals surface area (Å²) >= 11 is 1.28. The highest BCUT2D eigenvalue weighted by atomic mass is 32.1. The minimum Gasteiger partial charge on any atom is -0.381 e. The summed E-state index contributed by atoms with van der Waals surface area (Å²) in [4.78, 5) is 0. The molecular formula is C27H27F3N4S. The largest absolute Gasteiger partial charge is 0.416 e. The number of anilines is 2. The quantitative estimate of drug-likeness (QED) is 0.275. The summed E-state index contributed by atoms with van der Waals surface area (Å²) in [5.74, 6) is 0. The molecule has 0 radical (unpaired) electrons. The smallest absolute Gasteiger partial charge is 0.381 e. The highest BCUT2D eigenvalue weighted by Crippen LogP contribution is 2.34. The molecule has 2 N–H and O–H groups in total. The summed E-state index contributed by atoms with van der Waals surface area (Å²) in [5.41, 5.74) is 5.07. The summed E-state index contributed by atoms with van der Waals surface area (Å²) in [6.07, 6.45) is -4.44. The van der Waals surface area contributed by atoms with Gasteiger partial charge in [0.2, 0.25) is 0 Å². The van der Waals surface area contributed by atoms with E-state index in [1.807, 2.05) is 41.8 Å². The number of alkyl halides is 3. The van der Waals surface area contributed by atoms with Crippen LogP contribution in [0.3, 0.4) is 0 Å². The van der Waals surface area contributed by atoms with Crippen molar-refractivity contribution in [3.05, 3.63) is 94.4 Å². The maximum Gasteiger partial charge on any atom is 0.416 e. The first kappa shape index (κ1) is 24.7. The van der Waals surface area contributed by atoms with Crippen LogP contribution in [0.4, 0.5) is 24.5 Å². The van der Waals surface area contributed by atoms with Gasteiger partial charge in [0, 0.05) is 35.4 Å². The molecule has 3 aromatic carbocycles. The zero-order valence-electron chi connectivity index (χ0n) is 19.8. The van der Waals surface area contributed by atoms with Crippen molar-refractivity contribution in [2.75, 3.05) is 10.6 Å². The van der Waals surface area contributed by atoms with E-state index in [0.29, 0.717) is 24.5 Å². The molecule has 4 nitrogen and oxygen atoms in total. The molecule has 0 unspecified atom stereocenters. The first-order valence-electron chi connectivity index (χ1n) is 11.2. The molecule has 0 aliphatic carbocycles. The second kappa shape index (κ2) is 10.1. The normalized spacial score (nSPS) is 11.9. The highest BCUT2D eigenvalue weighted by Gasteiger charge is 2.31. The zero-order chi connectivity index (χ0) is 25.1.